The Kier molecular flexibility index (Phi) is 5.22. The maximum absolute atomic E-state index is 12.3. The fraction of sp³-hybridized carbons (Fsp3) is 0.333. The van der Waals surface area contributed by atoms with Crippen LogP contribution in [0.1, 0.15) is 24.1 Å². The number of imidazole rings is 1. The molecular weight excluding hydrogens is 356 g/mol. The largest absolute Gasteiger partial charge is 0.480 e. The summed E-state index contributed by atoms with van der Waals surface area (Å²) < 4.78 is 25.7. The Morgan fingerprint density at radius 2 is 1.96 bits per heavy atom. The summed E-state index contributed by atoms with van der Waals surface area (Å²) in [5, 5.41) is 7.66. The lowest BCUT2D eigenvalue weighted by atomic mass is 10.2. The van der Waals surface area contributed by atoms with Gasteiger partial charge in [-0.25, -0.2) is 13.4 Å². The maximum Gasteiger partial charge on any atom is 0.321 e. The molecule has 26 heavy (non-hydrogen) atoms. The van der Waals surface area contributed by atoms with E-state index in [1.54, 1.807) is 0 Å². The maximum atomic E-state index is 12.3. The number of aromatic nitrogens is 2. The number of carboxylic acid groups (broad SMARTS) is 1. The van der Waals surface area contributed by atoms with Crippen LogP contribution in [-0.2, 0) is 14.6 Å². The van der Waals surface area contributed by atoms with E-state index >= 15 is 0 Å². The van der Waals surface area contributed by atoms with Crippen molar-refractivity contribution in [3.8, 4) is 11.3 Å². The molecule has 0 aliphatic heterocycles. The number of carboxylic acids is 1. The summed E-state index contributed by atoms with van der Waals surface area (Å²) in [6.45, 7) is 0. The van der Waals surface area contributed by atoms with E-state index in [0.29, 0.717) is 5.69 Å². The highest BCUT2D eigenvalue weighted by Gasteiger charge is 2.37. The Labute approximate surface area is 151 Å². The molecule has 1 aromatic carbocycles. The molecule has 1 fully saturated rings. The van der Waals surface area contributed by atoms with Crippen LogP contribution >= 0.6 is 0 Å². The zero-order valence-electron chi connectivity index (χ0n) is 14.0. The molecule has 1 radical (unpaired) electrons. The van der Waals surface area contributed by atoms with Crippen LogP contribution in [0.3, 0.4) is 0 Å². The summed E-state index contributed by atoms with van der Waals surface area (Å²) in [7, 11) is -3.78. The molecule has 1 aromatic heterocycles. The summed E-state index contributed by atoms with van der Waals surface area (Å²) in [4.78, 5) is 27.8. The second-order valence-electron chi connectivity index (χ2n) is 6.41. The molecule has 1 aliphatic carbocycles. The van der Waals surface area contributed by atoms with Crippen molar-refractivity contribution >= 4 is 21.7 Å². The van der Waals surface area contributed by atoms with Crippen LogP contribution in [0.15, 0.2) is 42.9 Å². The van der Waals surface area contributed by atoms with Gasteiger partial charge in [0.1, 0.15) is 6.33 Å². The molecule has 0 amide bonds. The van der Waals surface area contributed by atoms with E-state index in [2.05, 4.69) is 4.98 Å². The van der Waals surface area contributed by atoms with Gasteiger partial charge >= 0.3 is 5.97 Å². The van der Waals surface area contributed by atoms with Crippen molar-refractivity contribution in [3.63, 3.8) is 0 Å². The minimum Gasteiger partial charge on any atom is -0.480 e. The summed E-state index contributed by atoms with van der Waals surface area (Å²) in [5.74, 6) is -2.01. The Bertz CT molecular complexity index is 901. The van der Waals surface area contributed by atoms with E-state index in [9.17, 15) is 23.1 Å². The molecule has 1 unspecified atom stereocenters. The molecule has 1 aliphatic rings. The smallest absolute Gasteiger partial charge is 0.321 e. The molecular formula is C18H19N2O5S. The topological polar surface area (TPSA) is 106 Å². The number of aliphatic carboxylic acids is 1. The predicted octanol–water partition coefficient (Wildman–Crippen LogP) is 2.06. The van der Waals surface area contributed by atoms with Crippen molar-refractivity contribution in [2.45, 2.75) is 24.5 Å². The summed E-state index contributed by atoms with van der Waals surface area (Å²) in [6.07, 6.45) is 5.22. The number of nitrogens with zero attached hydrogens (tertiary/aromatic N) is 2. The van der Waals surface area contributed by atoms with Crippen LogP contribution in [0, 0.1) is 12.3 Å². The van der Waals surface area contributed by atoms with Gasteiger partial charge in [0.05, 0.1) is 17.9 Å². The van der Waals surface area contributed by atoms with Gasteiger partial charge in [-0.3, -0.25) is 14.2 Å². The standard InChI is InChI=1S/C18H19N2O5S/c21-17(20-10-15(19-12-20)14-4-2-1-3-5-14)9-8-16(18(22)23)26(24,25)11-13-6-7-13/h1-5,9-10,12-13,16H,6-8,11H2,(H,22,23). The minimum absolute atomic E-state index is 0.0552. The van der Waals surface area contributed by atoms with Gasteiger partial charge in [0.25, 0.3) is 0 Å². The quantitative estimate of drug-likeness (QED) is 0.757. The first-order valence-corrected chi connectivity index (χ1v) is 9.99. The van der Waals surface area contributed by atoms with Crippen molar-refractivity contribution in [1.82, 2.24) is 9.55 Å². The van der Waals surface area contributed by atoms with Gasteiger partial charge in [-0.1, -0.05) is 30.3 Å². The zero-order chi connectivity index (χ0) is 18.7. The molecule has 3 rings (SSSR count). The summed E-state index contributed by atoms with van der Waals surface area (Å²) in [5.41, 5.74) is 1.44. The molecule has 2 aromatic rings. The van der Waals surface area contributed by atoms with Crippen molar-refractivity contribution in [2.24, 2.45) is 5.92 Å². The summed E-state index contributed by atoms with van der Waals surface area (Å²) in [6, 6.07) is 9.28. The Morgan fingerprint density at radius 1 is 1.27 bits per heavy atom. The Hall–Kier alpha value is -2.48. The highest BCUT2D eigenvalue weighted by atomic mass is 32.2. The van der Waals surface area contributed by atoms with Crippen molar-refractivity contribution in [1.29, 1.82) is 0 Å². The normalized spacial score (nSPS) is 15.5. The van der Waals surface area contributed by atoms with Crippen molar-refractivity contribution in [3.05, 3.63) is 49.3 Å². The predicted molar refractivity (Wildman–Crippen MR) is 95.1 cm³/mol. The van der Waals surface area contributed by atoms with Gasteiger partial charge in [0.15, 0.2) is 15.1 Å². The number of hydrogen-bond acceptors (Lipinski definition) is 5. The van der Waals surface area contributed by atoms with Gasteiger partial charge in [0, 0.05) is 11.8 Å². The SMILES string of the molecule is O=C(O)C(C[CH]C(=O)n1cnc(-c2ccccc2)c1)S(=O)(=O)CC1CC1. The van der Waals surface area contributed by atoms with Gasteiger partial charge in [-0.05, 0) is 25.2 Å². The second kappa shape index (κ2) is 7.41. The first-order chi connectivity index (χ1) is 12.4. The molecule has 1 atom stereocenters. The second-order valence-corrected chi connectivity index (χ2v) is 8.64. The first-order valence-electron chi connectivity index (χ1n) is 8.28. The van der Waals surface area contributed by atoms with Crippen LogP contribution in [0.2, 0.25) is 0 Å². The van der Waals surface area contributed by atoms with Crippen LogP contribution in [0.4, 0.5) is 0 Å². The van der Waals surface area contributed by atoms with Crippen LogP contribution < -0.4 is 0 Å². The van der Waals surface area contributed by atoms with Gasteiger partial charge in [-0.2, -0.15) is 0 Å². The van der Waals surface area contributed by atoms with Crippen LogP contribution in [-0.4, -0.2) is 46.0 Å². The van der Waals surface area contributed by atoms with E-state index in [0.717, 1.165) is 24.8 Å². The fourth-order valence-electron chi connectivity index (χ4n) is 2.64. The molecule has 137 valence electrons. The monoisotopic (exact) mass is 375 g/mol. The van der Waals surface area contributed by atoms with E-state index in [1.165, 1.54) is 17.1 Å². The van der Waals surface area contributed by atoms with E-state index < -0.39 is 27.0 Å². The molecule has 7 nitrogen and oxygen atoms in total. The van der Waals surface area contributed by atoms with Gasteiger partial charge in [0.2, 0.25) is 5.91 Å². The molecule has 1 saturated carbocycles. The van der Waals surface area contributed by atoms with Crippen LogP contribution in [0.25, 0.3) is 11.3 Å². The van der Waals surface area contributed by atoms with Crippen molar-refractivity contribution in [2.75, 3.05) is 5.75 Å². The molecule has 1 N–H and O–H groups in total. The summed E-state index contributed by atoms with van der Waals surface area (Å²) >= 11 is 0. The first kappa shape index (κ1) is 18.3. The Balaban J connectivity index is 1.65. The third kappa shape index (κ3) is 4.37. The molecule has 0 bridgehead atoms. The molecule has 0 spiro atoms. The zero-order valence-corrected chi connectivity index (χ0v) is 14.8. The number of rotatable bonds is 8. The number of sulfone groups is 1. The van der Waals surface area contributed by atoms with Gasteiger partial charge in [-0.15, -0.1) is 0 Å². The minimum atomic E-state index is -3.78. The lowest BCUT2D eigenvalue weighted by molar-refractivity contribution is -0.136. The highest BCUT2D eigenvalue weighted by Crippen LogP contribution is 2.32. The lowest BCUT2D eigenvalue weighted by Crippen LogP contribution is -2.33. The highest BCUT2D eigenvalue weighted by molar-refractivity contribution is 7.92. The molecule has 8 heteroatoms. The number of hydrogen-bond donors (Lipinski definition) is 1. The Morgan fingerprint density at radius 3 is 2.58 bits per heavy atom. The van der Waals surface area contributed by atoms with Crippen LogP contribution in [0.5, 0.6) is 0 Å². The average molecular weight is 375 g/mol. The fourth-order valence-corrected chi connectivity index (χ4v) is 4.56. The average Bonchev–Trinajstić information content (AvgIpc) is 3.25. The van der Waals surface area contributed by atoms with E-state index in [-0.39, 0.29) is 18.1 Å². The number of benzene rings is 1. The number of carbonyl (C=O) groups is 2. The molecule has 1 heterocycles. The third-order valence-electron chi connectivity index (χ3n) is 4.29. The van der Waals surface area contributed by atoms with E-state index in [1.807, 2.05) is 30.3 Å². The lowest BCUT2D eigenvalue weighted by Gasteiger charge is -2.12. The van der Waals surface area contributed by atoms with Gasteiger partial charge < -0.3 is 5.11 Å². The number of carbonyl (C=O) groups excluding carboxylic acids is 1. The van der Waals surface area contributed by atoms with E-state index in [4.69, 9.17) is 0 Å². The third-order valence-corrected chi connectivity index (χ3v) is 6.48. The van der Waals surface area contributed by atoms with Crippen molar-refractivity contribution < 1.29 is 23.1 Å². The molecule has 0 saturated heterocycles.